The smallest absolute Gasteiger partial charge is 0.260 e. The van der Waals surface area contributed by atoms with E-state index in [-0.39, 0.29) is 34.1 Å². The fraction of sp³-hybridized carbons (Fsp3) is 0. The molecule has 0 aliphatic heterocycles. The van der Waals surface area contributed by atoms with Gasteiger partial charge in [-0.25, -0.2) is 14.5 Å². The molecule has 5 aromatic rings. The Bertz CT molecular complexity index is 1720. The van der Waals surface area contributed by atoms with Crippen LogP contribution in [0.3, 0.4) is 0 Å². The molecule has 0 saturated heterocycles. The predicted molar refractivity (Wildman–Crippen MR) is 129 cm³/mol. The van der Waals surface area contributed by atoms with Gasteiger partial charge in [-0.2, -0.15) is 15.5 Å². The zero-order chi connectivity index (χ0) is 25.1. The second-order valence-corrected chi connectivity index (χ2v) is 7.33. The van der Waals surface area contributed by atoms with Crippen LogP contribution in [-0.2, 0) is 0 Å². The normalized spacial score (nSPS) is 10.8. The predicted octanol–water partition coefficient (Wildman–Crippen LogP) is 4.94. The van der Waals surface area contributed by atoms with Crippen LogP contribution in [0.5, 0.6) is 5.75 Å². The Morgan fingerprint density at radius 3 is 2.81 bits per heavy atom. The number of rotatable bonds is 5. The molecule has 0 aliphatic rings. The number of nitrogens with zero attached hydrogens (tertiary/aromatic N) is 8. The van der Waals surface area contributed by atoms with Crippen LogP contribution in [0.2, 0.25) is 0 Å². The number of aromatic hydroxyl groups is 1. The third kappa shape index (κ3) is 3.87. The second-order valence-electron chi connectivity index (χ2n) is 7.33. The first kappa shape index (κ1) is 21.9. The highest BCUT2D eigenvalue weighted by Gasteiger charge is 2.21. The number of carbonyl (C=O) groups is 1. The standard InChI is InChI=1S/C24H14N10O2/c1-26-18-13-29-34(19-8-4-5-9-27-19)23(18)33-31-20-16-7-3-2-6-14(16)10-17(21(20)35)24(36)30-22-15(11-25)12-28-32-22/h2-10,12-13,35H,(H2,28,30,32,36). The minimum absolute atomic E-state index is 0.0214. The van der Waals surface area contributed by atoms with Crippen molar-refractivity contribution in [2.24, 2.45) is 10.2 Å². The summed E-state index contributed by atoms with van der Waals surface area (Å²) in [5.74, 6) is -0.481. The molecule has 12 nitrogen and oxygen atoms in total. The third-order valence-electron chi connectivity index (χ3n) is 5.19. The summed E-state index contributed by atoms with van der Waals surface area (Å²) in [6, 6.07) is 15.6. The number of phenolic OH excluding ortho intramolecular Hbond substituents is 1. The van der Waals surface area contributed by atoms with Gasteiger partial charge in [0.25, 0.3) is 11.6 Å². The topological polar surface area (TPSA) is 162 Å². The number of fused-ring (bicyclic) bond motifs is 1. The van der Waals surface area contributed by atoms with Crippen molar-refractivity contribution in [3.8, 4) is 17.6 Å². The van der Waals surface area contributed by atoms with Crippen LogP contribution < -0.4 is 5.32 Å². The zero-order valence-electron chi connectivity index (χ0n) is 18.3. The Hall–Kier alpha value is -5.88. The Morgan fingerprint density at radius 2 is 2.03 bits per heavy atom. The van der Waals surface area contributed by atoms with Crippen molar-refractivity contribution in [2.45, 2.75) is 0 Å². The summed E-state index contributed by atoms with van der Waals surface area (Å²) in [6.07, 6.45) is 4.19. The molecule has 12 heteroatoms. The SMILES string of the molecule is [C-]#[N+]c1cnn(-c2ccccn2)c1N=Nc1c(O)c(C(=O)Nc2[nH]ncc2C#N)cc2ccccc12. The van der Waals surface area contributed by atoms with Gasteiger partial charge in [-0.15, -0.1) is 10.2 Å². The number of H-pyrrole nitrogens is 1. The van der Waals surface area contributed by atoms with Crippen LogP contribution in [0, 0.1) is 17.9 Å². The van der Waals surface area contributed by atoms with Crippen molar-refractivity contribution >= 4 is 39.7 Å². The number of nitrogens with one attached hydrogen (secondary N) is 2. The molecule has 0 atom stereocenters. The minimum atomic E-state index is -0.684. The van der Waals surface area contributed by atoms with E-state index >= 15 is 0 Å². The fourth-order valence-corrected chi connectivity index (χ4v) is 3.49. The maximum absolute atomic E-state index is 13.0. The van der Waals surface area contributed by atoms with Crippen molar-refractivity contribution in [1.82, 2.24) is 25.0 Å². The molecule has 0 aliphatic carbocycles. The number of aromatic amines is 1. The summed E-state index contributed by atoms with van der Waals surface area (Å²) in [5, 5.41) is 42.8. The van der Waals surface area contributed by atoms with Crippen molar-refractivity contribution in [3.05, 3.63) is 89.7 Å². The maximum Gasteiger partial charge on any atom is 0.260 e. The van der Waals surface area contributed by atoms with Gasteiger partial charge < -0.3 is 10.4 Å². The number of anilines is 1. The molecule has 0 radical (unpaired) electrons. The van der Waals surface area contributed by atoms with E-state index in [0.717, 1.165) is 0 Å². The molecular weight excluding hydrogens is 460 g/mol. The van der Waals surface area contributed by atoms with Gasteiger partial charge in [-0.05, 0) is 23.6 Å². The van der Waals surface area contributed by atoms with Gasteiger partial charge in [0.1, 0.15) is 23.1 Å². The molecule has 3 N–H and O–H groups in total. The van der Waals surface area contributed by atoms with E-state index in [1.54, 1.807) is 48.7 Å². The lowest BCUT2D eigenvalue weighted by Crippen LogP contribution is -2.13. The molecule has 3 heterocycles. The van der Waals surface area contributed by atoms with Crippen molar-refractivity contribution in [1.29, 1.82) is 5.26 Å². The molecule has 0 unspecified atom stereocenters. The number of hydrogen-bond donors (Lipinski definition) is 3. The van der Waals surface area contributed by atoms with Crippen molar-refractivity contribution in [3.63, 3.8) is 0 Å². The number of azo groups is 1. The van der Waals surface area contributed by atoms with E-state index in [1.807, 2.05) is 6.07 Å². The number of aromatic nitrogens is 5. The summed E-state index contributed by atoms with van der Waals surface area (Å²) in [7, 11) is 0. The Kier molecular flexibility index (Phi) is 5.59. The number of pyridine rings is 1. The first-order valence-corrected chi connectivity index (χ1v) is 10.4. The summed E-state index contributed by atoms with van der Waals surface area (Å²) < 4.78 is 1.36. The number of nitriles is 1. The maximum atomic E-state index is 13.0. The molecule has 3 aromatic heterocycles. The molecule has 0 bridgehead atoms. The average Bonchev–Trinajstić information content (AvgIpc) is 3.54. The number of amides is 1. The Morgan fingerprint density at radius 1 is 1.19 bits per heavy atom. The van der Waals surface area contributed by atoms with Crippen molar-refractivity contribution in [2.75, 3.05) is 5.32 Å². The van der Waals surface area contributed by atoms with Crippen molar-refractivity contribution < 1.29 is 9.90 Å². The summed E-state index contributed by atoms with van der Waals surface area (Å²) in [6.45, 7) is 7.45. The number of phenols is 1. The first-order valence-electron chi connectivity index (χ1n) is 10.4. The van der Waals surface area contributed by atoms with E-state index < -0.39 is 11.7 Å². The highest BCUT2D eigenvalue weighted by Crippen LogP contribution is 2.40. The highest BCUT2D eigenvalue weighted by molar-refractivity contribution is 6.11. The van der Waals surface area contributed by atoms with E-state index in [4.69, 9.17) is 11.8 Å². The molecule has 0 spiro atoms. The number of hydrogen-bond acceptors (Lipinski definition) is 8. The lowest BCUT2D eigenvalue weighted by Gasteiger charge is -2.10. The lowest BCUT2D eigenvalue weighted by atomic mass is 10.0. The summed E-state index contributed by atoms with van der Waals surface area (Å²) in [5.41, 5.74) is 0.196. The van der Waals surface area contributed by atoms with Crippen LogP contribution in [0.1, 0.15) is 15.9 Å². The zero-order valence-corrected chi connectivity index (χ0v) is 18.3. The summed E-state index contributed by atoms with van der Waals surface area (Å²) in [4.78, 5) is 20.7. The summed E-state index contributed by atoms with van der Waals surface area (Å²) >= 11 is 0. The van der Waals surface area contributed by atoms with Crippen LogP contribution in [0.15, 0.2) is 77.3 Å². The van der Waals surface area contributed by atoms with Crippen LogP contribution in [-0.4, -0.2) is 36.0 Å². The monoisotopic (exact) mass is 474 g/mol. The van der Waals surface area contributed by atoms with E-state index in [1.165, 1.54) is 23.1 Å². The van der Waals surface area contributed by atoms with Gasteiger partial charge in [-0.3, -0.25) is 9.89 Å². The molecule has 2 aromatic carbocycles. The largest absolute Gasteiger partial charge is 0.505 e. The molecule has 172 valence electrons. The van der Waals surface area contributed by atoms with Crippen LogP contribution >= 0.6 is 0 Å². The average molecular weight is 474 g/mol. The third-order valence-corrected chi connectivity index (χ3v) is 5.19. The molecule has 0 saturated carbocycles. The van der Waals surface area contributed by atoms with Crippen LogP contribution in [0.4, 0.5) is 23.0 Å². The lowest BCUT2D eigenvalue weighted by molar-refractivity contribution is 0.102. The van der Waals surface area contributed by atoms with Gasteiger partial charge in [0.2, 0.25) is 0 Å². The molecule has 1 amide bonds. The van der Waals surface area contributed by atoms with E-state index in [2.05, 4.69) is 40.7 Å². The van der Waals surface area contributed by atoms with E-state index in [0.29, 0.717) is 16.6 Å². The highest BCUT2D eigenvalue weighted by atomic mass is 16.3. The van der Waals surface area contributed by atoms with Crippen LogP contribution in [0.25, 0.3) is 21.4 Å². The molecule has 5 rings (SSSR count). The quantitative estimate of drug-likeness (QED) is 0.241. The van der Waals surface area contributed by atoms with Gasteiger partial charge in [0.15, 0.2) is 17.4 Å². The molecule has 0 fully saturated rings. The molecule has 36 heavy (non-hydrogen) atoms. The van der Waals surface area contributed by atoms with Gasteiger partial charge in [-0.1, -0.05) is 30.3 Å². The minimum Gasteiger partial charge on any atom is -0.505 e. The Labute approximate surface area is 203 Å². The first-order chi connectivity index (χ1) is 17.6. The second kappa shape index (κ2) is 9.17. The number of carbonyl (C=O) groups excluding carboxylic acids is 1. The number of benzene rings is 2. The van der Waals surface area contributed by atoms with Gasteiger partial charge in [0, 0.05) is 11.6 Å². The van der Waals surface area contributed by atoms with Gasteiger partial charge >= 0.3 is 0 Å². The fourth-order valence-electron chi connectivity index (χ4n) is 3.49. The Balaban J connectivity index is 1.62. The van der Waals surface area contributed by atoms with Gasteiger partial charge in [0.05, 0.1) is 24.5 Å². The van der Waals surface area contributed by atoms with E-state index in [9.17, 15) is 9.90 Å². The molecular formula is C24H14N10O2.